The number of nitrogens with one attached hydrogen (secondary N) is 1. The first kappa shape index (κ1) is 18.5. The highest BCUT2D eigenvalue weighted by Crippen LogP contribution is 2.29. The van der Waals surface area contributed by atoms with E-state index in [9.17, 15) is 4.79 Å². The topological polar surface area (TPSA) is 93.2 Å². The molecule has 3 heterocycles. The van der Waals surface area contributed by atoms with E-state index in [4.69, 9.17) is 9.47 Å². The first-order valence-corrected chi connectivity index (χ1v) is 8.86. The molecule has 2 aromatic rings. The van der Waals surface area contributed by atoms with E-state index in [1.165, 1.54) is 0 Å². The van der Waals surface area contributed by atoms with E-state index >= 15 is 0 Å². The van der Waals surface area contributed by atoms with Gasteiger partial charge in [0.15, 0.2) is 0 Å². The maximum Gasteiger partial charge on any atom is 0.271 e. The average Bonchev–Trinajstić information content (AvgIpc) is 3.20. The number of ether oxygens (including phenoxy) is 2. The largest absolute Gasteiger partial charge is 0.382 e. The molecule has 26 heavy (non-hydrogen) atoms. The zero-order chi connectivity index (χ0) is 18.4. The van der Waals surface area contributed by atoms with Gasteiger partial charge >= 0.3 is 0 Å². The summed E-state index contributed by atoms with van der Waals surface area (Å²) >= 11 is 0. The van der Waals surface area contributed by atoms with E-state index in [1.54, 1.807) is 19.4 Å². The lowest BCUT2D eigenvalue weighted by Gasteiger charge is -2.33. The fourth-order valence-electron chi connectivity index (χ4n) is 3.23. The van der Waals surface area contributed by atoms with Gasteiger partial charge in [-0.3, -0.25) is 9.89 Å². The van der Waals surface area contributed by atoms with E-state index in [1.807, 2.05) is 18.0 Å². The van der Waals surface area contributed by atoms with Crippen molar-refractivity contribution in [3.8, 4) is 0 Å². The zero-order valence-corrected chi connectivity index (χ0v) is 15.3. The summed E-state index contributed by atoms with van der Waals surface area (Å²) in [6.45, 7) is 4.80. The molecule has 1 amide bonds. The van der Waals surface area contributed by atoms with Crippen LogP contribution in [-0.4, -0.2) is 64.4 Å². The van der Waals surface area contributed by atoms with Gasteiger partial charge in [-0.15, -0.1) is 0 Å². The zero-order valence-electron chi connectivity index (χ0n) is 15.3. The molecule has 8 nitrogen and oxygen atoms in total. The number of piperidine rings is 1. The van der Waals surface area contributed by atoms with Gasteiger partial charge < -0.3 is 14.4 Å². The second-order valence-corrected chi connectivity index (χ2v) is 6.43. The van der Waals surface area contributed by atoms with Crippen molar-refractivity contribution in [2.45, 2.75) is 32.3 Å². The number of carbonyl (C=O) groups is 1. The molecule has 1 atom stereocenters. The molecule has 0 aromatic carbocycles. The molecule has 1 unspecified atom stereocenters. The van der Waals surface area contributed by atoms with Crippen LogP contribution in [0.3, 0.4) is 0 Å². The van der Waals surface area contributed by atoms with Crippen LogP contribution >= 0.6 is 0 Å². The van der Waals surface area contributed by atoms with Crippen LogP contribution in [0.4, 0.5) is 0 Å². The number of amides is 1. The van der Waals surface area contributed by atoms with Crippen LogP contribution in [0.2, 0.25) is 0 Å². The molecule has 0 saturated carbocycles. The molecular formula is C18H25N5O3. The Morgan fingerprint density at radius 3 is 3.08 bits per heavy atom. The summed E-state index contributed by atoms with van der Waals surface area (Å²) in [6.07, 6.45) is 5.36. The van der Waals surface area contributed by atoms with Crippen LogP contribution in [-0.2, 0) is 16.1 Å². The number of rotatable bonds is 7. The van der Waals surface area contributed by atoms with E-state index in [0.29, 0.717) is 32.1 Å². The molecule has 1 fully saturated rings. The minimum atomic E-state index is -0.0177. The van der Waals surface area contributed by atoms with Gasteiger partial charge in [0.05, 0.1) is 25.5 Å². The molecule has 0 spiro atoms. The van der Waals surface area contributed by atoms with Crippen LogP contribution in [0.5, 0.6) is 0 Å². The number of hydrogen-bond donors (Lipinski definition) is 1. The number of nitrogens with zero attached hydrogens (tertiary/aromatic N) is 4. The van der Waals surface area contributed by atoms with Crippen LogP contribution in [0, 0.1) is 6.92 Å². The molecule has 1 aliphatic heterocycles. The predicted molar refractivity (Wildman–Crippen MR) is 94.8 cm³/mol. The summed E-state index contributed by atoms with van der Waals surface area (Å²) in [6, 6.07) is 1.70. The number of aromatic nitrogens is 4. The van der Waals surface area contributed by atoms with Crippen LogP contribution in [0.25, 0.3) is 0 Å². The monoisotopic (exact) mass is 359 g/mol. The van der Waals surface area contributed by atoms with Crippen molar-refractivity contribution in [1.29, 1.82) is 0 Å². The Hall–Kier alpha value is -2.32. The molecule has 0 bridgehead atoms. The lowest BCUT2D eigenvalue weighted by molar-refractivity contribution is 0.0602. The van der Waals surface area contributed by atoms with Gasteiger partial charge in [0.1, 0.15) is 11.5 Å². The minimum Gasteiger partial charge on any atom is -0.382 e. The number of H-pyrrole nitrogens is 1. The van der Waals surface area contributed by atoms with Crippen molar-refractivity contribution in [3.63, 3.8) is 0 Å². The van der Waals surface area contributed by atoms with Gasteiger partial charge in [-0.1, -0.05) is 0 Å². The number of methoxy groups -OCH3 is 1. The van der Waals surface area contributed by atoms with Gasteiger partial charge in [-0.05, 0) is 25.8 Å². The maximum absolute atomic E-state index is 12.6. The summed E-state index contributed by atoms with van der Waals surface area (Å²) in [5.41, 5.74) is 2.48. The quantitative estimate of drug-likeness (QED) is 0.756. The maximum atomic E-state index is 12.6. The summed E-state index contributed by atoms with van der Waals surface area (Å²) in [4.78, 5) is 23.5. The van der Waals surface area contributed by atoms with Crippen molar-refractivity contribution in [2.75, 3.05) is 33.4 Å². The van der Waals surface area contributed by atoms with Crippen molar-refractivity contribution in [3.05, 3.63) is 41.2 Å². The number of carbonyl (C=O) groups excluding carboxylic acids is 1. The van der Waals surface area contributed by atoms with Crippen molar-refractivity contribution >= 4 is 5.91 Å². The van der Waals surface area contributed by atoms with Crippen LogP contribution < -0.4 is 0 Å². The molecule has 0 aliphatic carbocycles. The molecule has 140 valence electrons. The smallest absolute Gasteiger partial charge is 0.271 e. The van der Waals surface area contributed by atoms with Crippen LogP contribution in [0.15, 0.2) is 18.5 Å². The third-order valence-electron chi connectivity index (χ3n) is 4.53. The van der Waals surface area contributed by atoms with Crippen LogP contribution in [0.1, 0.15) is 46.3 Å². The lowest BCUT2D eigenvalue weighted by Crippen LogP contribution is -2.39. The number of aryl methyl sites for hydroxylation is 1. The highest BCUT2D eigenvalue weighted by molar-refractivity contribution is 5.92. The second kappa shape index (κ2) is 8.86. The first-order valence-electron chi connectivity index (χ1n) is 8.86. The molecular weight excluding hydrogens is 334 g/mol. The van der Waals surface area contributed by atoms with E-state index in [-0.39, 0.29) is 11.8 Å². The Kier molecular flexibility index (Phi) is 6.30. The normalized spacial score (nSPS) is 17.5. The van der Waals surface area contributed by atoms with Crippen molar-refractivity contribution < 1.29 is 14.3 Å². The highest BCUT2D eigenvalue weighted by Gasteiger charge is 2.28. The molecule has 1 saturated heterocycles. The van der Waals surface area contributed by atoms with Gasteiger partial charge in [-0.2, -0.15) is 5.10 Å². The van der Waals surface area contributed by atoms with Gasteiger partial charge in [-0.25, -0.2) is 9.97 Å². The molecule has 2 aromatic heterocycles. The predicted octanol–water partition coefficient (Wildman–Crippen LogP) is 1.69. The lowest BCUT2D eigenvalue weighted by atomic mass is 9.92. The van der Waals surface area contributed by atoms with E-state index in [2.05, 4.69) is 20.2 Å². The van der Waals surface area contributed by atoms with E-state index < -0.39 is 0 Å². The Bertz CT molecular complexity index is 720. The molecule has 0 radical (unpaired) electrons. The summed E-state index contributed by atoms with van der Waals surface area (Å²) in [7, 11) is 1.65. The molecule has 1 N–H and O–H groups in total. The van der Waals surface area contributed by atoms with Crippen molar-refractivity contribution in [1.82, 2.24) is 25.1 Å². The number of likely N-dealkylation sites (tertiary alicyclic amines) is 1. The van der Waals surface area contributed by atoms with Crippen molar-refractivity contribution in [2.24, 2.45) is 0 Å². The molecule has 8 heteroatoms. The third kappa shape index (κ3) is 4.44. The fourth-order valence-corrected chi connectivity index (χ4v) is 3.23. The number of aromatic amines is 1. The highest BCUT2D eigenvalue weighted by atomic mass is 16.5. The molecule has 1 aliphatic rings. The van der Waals surface area contributed by atoms with Gasteiger partial charge in [0.25, 0.3) is 5.91 Å². The Morgan fingerprint density at radius 2 is 2.31 bits per heavy atom. The Balaban J connectivity index is 1.72. The minimum absolute atomic E-state index is 0.0177. The summed E-state index contributed by atoms with van der Waals surface area (Å²) < 4.78 is 10.7. The number of hydrogen-bond acceptors (Lipinski definition) is 6. The Morgan fingerprint density at radius 1 is 1.42 bits per heavy atom. The van der Waals surface area contributed by atoms with E-state index in [0.717, 1.165) is 36.5 Å². The Labute approximate surface area is 152 Å². The average molecular weight is 359 g/mol. The standard InChI is InChI=1S/C18H25N5O3/c1-13-19-10-15(12-26-9-8-25-2)17(21-13)14-4-3-7-23(11-14)18(24)16-5-6-20-22-16/h5-6,10,14H,3-4,7-9,11-12H2,1-2H3,(H,20,22). The first-order chi connectivity index (χ1) is 12.7. The fraction of sp³-hybridized carbons (Fsp3) is 0.556. The second-order valence-electron chi connectivity index (χ2n) is 6.43. The summed E-state index contributed by atoms with van der Waals surface area (Å²) in [5, 5.41) is 6.62. The molecule has 3 rings (SSSR count). The third-order valence-corrected chi connectivity index (χ3v) is 4.53. The van der Waals surface area contributed by atoms with Gasteiger partial charge in [0.2, 0.25) is 0 Å². The summed E-state index contributed by atoms with van der Waals surface area (Å²) in [5.74, 6) is 0.895. The SMILES string of the molecule is COCCOCc1cnc(C)nc1C1CCCN(C(=O)c2ccn[nH]2)C1. The van der Waals surface area contributed by atoms with Gasteiger partial charge in [0, 0.05) is 44.1 Å².